The average Bonchev–Trinajstić information content (AvgIpc) is 3.15. The molecule has 0 aliphatic carbocycles. The van der Waals surface area contributed by atoms with Gasteiger partial charge in [0.05, 0.1) is 15.7 Å². The Morgan fingerprint density at radius 2 is 2.48 bits per heavy atom. The molecule has 1 saturated heterocycles. The van der Waals surface area contributed by atoms with Crippen molar-refractivity contribution in [2.75, 3.05) is 13.1 Å². The quantitative estimate of drug-likeness (QED) is 0.936. The number of thiazole rings is 1. The lowest BCUT2D eigenvalue weighted by molar-refractivity contribution is 0.0702. The highest BCUT2D eigenvalue weighted by Gasteiger charge is 2.27. The summed E-state index contributed by atoms with van der Waals surface area (Å²) in [6.07, 6.45) is 4.73. The van der Waals surface area contributed by atoms with E-state index in [2.05, 4.69) is 22.3 Å². The molecule has 1 atom stereocenters. The Balaban J connectivity index is 1.72. The van der Waals surface area contributed by atoms with Crippen molar-refractivity contribution in [3.05, 3.63) is 39.1 Å². The zero-order valence-corrected chi connectivity index (χ0v) is 13.5. The maximum atomic E-state index is 12.5. The van der Waals surface area contributed by atoms with Crippen LogP contribution in [0.4, 0.5) is 0 Å². The normalized spacial score (nSPS) is 19.0. The lowest BCUT2D eigenvalue weighted by Gasteiger charge is -2.31. The monoisotopic (exact) mass is 323 g/mol. The molecule has 0 saturated carbocycles. The Hall–Kier alpha value is -1.33. The first-order valence-electron chi connectivity index (χ1n) is 7.25. The molecule has 21 heavy (non-hydrogen) atoms. The van der Waals surface area contributed by atoms with Crippen LogP contribution in [0.15, 0.2) is 17.6 Å². The van der Waals surface area contributed by atoms with E-state index in [1.54, 1.807) is 23.6 Å². The van der Waals surface area contributed by atoms with Gasteiger partial charge in [0.15, 0.2) is 0 Å². The molecule has 0 unspecified atom stereocenters. The lowest BCUT2D eigenvalue weighted by Crippen LogP contribution is -2.39. The van der Waals surface area contributed by atoms with Crippen molar-refractivity contribution in [1.29, 1.82) is 0 Å². The van der Waals surface area contributed by atoms with Gasteiger partial charge in [-0.05, 0) is 25.3 Å². The molecule has 1 aliphatic rings. The van der Waals surface area contributed by atoms with Gasteiger partial charge in [0.2, 0.25) is 0 Å². The maximum Gasteiger partial charge on any atom is 0.270 e. The van der Waals surface area contributed by atoms with Crippen LogP contribution in [0.25, 0.3) is 0 Å². The minimum atomic E-state index is 0.0267. The van der Waals surface area contributed by atoms with Crippen molar-refractivity contribution in [2.24, 2.45) is 0 Å². The van der Waals surface area contributed by atoms with Gasteiger partial charge >= 0.3 is 0 Å². The van der Waals surface area contributed by atoms with E-state index >= 15 is 0 Å². The van der Waals surface area contributed by atoms with Crippen molar-refractivity contribution in [1.82, 2.24) is 14.9 Å². The number of aromatic nitrogens is 2. The topological polar surface area (TPSA) is 49.0 Å². The summed E-state index contributed by atoms with van der Waals surface area (Å²) in [5.41, 5.74) is 1.71. The van der Waals surface area contributed by atoms with E-state index in [0.717, 1.165) is 43.1 Å². The summed E-state index contributed by atoms with van der Waals surface area (Å²) in [6.45, 7) is 3.66. The van der Waals surface area contributed by atoms with Crippen LogP contribution in [0.3, 0.4) is 0 Å². The molecular weight excluding hydrogens is 306 g/mol. The number of H-pyrrole nitrogens is 1. The molecular formula is C15H18ClN3OS. The second kappa shape index (κ2) is 6.20. The van der Waals surface area contributed by atoms with E-state index in [-0.39, 0.29) is 5.91 Å². The molecule has 6 heteroatoms. The summed E-state index contributed by atoms with van der Waals surface area (Å²) < 4.78 is 0. The van der Waals surface area contributed by atoms with Gasteiger partial charge in [-0.1, -0.05) is 18.5 Å². The largest absolute Gasteiger partial charge is 0.356 e. The Morgan fingerprint density at radius 1 is 1.62 bits per heavy atom. The first-order chi connectivity index (χ1) is 10.2. The third-order valence-corrected chi connectivity index (χ3v) is 5.14. The minimum Gasteiger partial charge on any atom is -0.356 e. The molecule has 1 aliphatic heterocycles. The highest BCUT2D eigenvalue weighted by molar-refractivity contribution is 7.09. The summed E-state index contributed by atoms with van der Waals surface area (Å²) in [5.74, 6) is 0.386. The molecule has 2 aromatic heterocycles. The molecule has 0 radical (unpaired) electrons. The van der Waals surface area contributed by atoms with E-state index in [9.17, 15) is 4.79 Å². The fourth-order valence-electron chi connectivity index (χ4n) is 2.70. The van der Waals surface area contributed by atoms with Crippen molar-refractivity contribution in [3.8, 4) is 0 Å². The Kier molecular flexibility index (Phi) is 4.31. The van der Waals surface area contributed by atoms with Gasteiger partial charge in [0.25, 0.3) is 5.91 Å². The standard InChI is InChI=1S/C15H18ClN3OS/c1-2-12-9-21-14(18-12)10-4-3-5-19(8-10)15(20)13-6-11(16)7-17-13/h6-7,9-10,17H,2-5,8H2,1H3/t10-/m1/s1. The third kappa shape index (κ3) is 3.14. The number of aromatic amines is 1. The van der Waals surface area contributed by atoms with Gasteiger partial charge in [-0.2, -0.15) is 0 Å². The highest BCUT2D eigenvalue weighted by atomic mass is 35.5. The molecule has 3 heterocycles. The smallest absolute Gasteiger partial charge is 0.270 e. The van der Waals surface area contributed by atoms with Crippen LogP contribution in [0.2, 0.25) is 5.02 Å². The fraction of sp³-hybridized carbons (Fsp3) is 0.467. The first kappa shape index (κ1) is 14.6. The molecule has 0 bridgehead atoms. The van der Waals surface area contributed by atoms with E-state index in [1.807, 2.05) is 4.90 Å². The number of hydrogen-bond acceptors (Lipinski definition) is 3. The third-order valence-electron chi connectivity index (χ3n) is 3.87. The summed E-state index contributed by atoms with van der Waals surface area (Å²) >= 11 is 7.59. The van der Waals surface area contributed by atoms with Crippen LogP contribution in [0.5, 0.6) is 0 Å². The van der Waals surface area contributed by atoms with Gasteiger partial charge in [-0.25, -0.2) is 4.98 Å². The van der Waals surface area contributed by atoms with Crippen LogP contribution < -0.4 is 0 Å². The summed E-state index contributed by atoms with van der Waals surface area (Å²) in [5, 5.41) is 3.86. The Morgan fingerprint density at radius 3 is 3.14 bits per heavy atom. The lowest BCUT2D eigenvalue weighted by atomic mass is 9.98. The number of carbonyl (C=O) groups excluding carboxylic acids is 1. The molecule has 4 nitrogen and oxygen atoms in total. The van der Waals surface area contributed by atoms with Crippen molar-refractivity contribution >= 4 is 28.8 Å². The molecule has 2 aromatic rings. The van der Waals surface area contributed by atoms with E-state index < -0.39 is 0 Å². The Labute approximate surface area is 133 Å². The van der Waals surface area contributed by atoms with Gasteiger partial charge in [0, 0.05) is 30.6 Å². The Bertz CT molecular complexity index is 636. The predicted molar refractivity (Wildman–Crippen MR) is 85.2 cm³/mol. The van der Waals surface area contributed by atoms with Crippen LogP contribution in [0.1, 0.15) is 46.9 Å². The number of halogens is 1. The molecule has 0 spiro atoms. The van der Waals surface area contributed by atoms with Crippen LogP contribution in [0, 0.1) is 0 Å². The number of piperidine rings is 1. The van der Waals surface area contributed by atoms with Crippen LogP contribution in [-0.2, 0) is 6.42 Å². The van der Waals surface area contributed by atoms with Crippen molar-refractivity contribution in [3.63, 3.8) is 0 Å². The molecule has 0 aromatic carbocycles. The van der Waals surface area contributed by atoms with E-state index in [4.69, 9.17) is 11.6 Å². The van der Waals surface area contributed by atoms with E-state index in [1.165, 1.54) is 0 Å². The zero-order valence-electron chi connectivity index (χ0n) is 11.9. The fourth-order valence-corrected chi connectivity index (χ4v) is 3.89. The number of hydrogen-bond donors (Lipinski definition) is 1. The van der Waals surface area contributed by atoms with Crippen molar-refractivity contribution in [2.45, 2.75) is 32.1 Å². The second-order valence-electron chi connectivity index (χ2n) is 5.35. The van der Waals surface area contributed by atoms with Gasteiger partial charge < -0.3 is 9.88 Å². The minimum absolute atomic E-state index is 0.0267. The summed E-state index contributed by atoms with van der Waals surface area (Å²) in [4.78, 5) is 22.0. The molecule has 1 fully saturated rings. The van der Waals surface area contributed by atoms with Gasteiger partial charge in [-0.15, -0.1) is 11.3 Å². The molecule has 1 amide bonds. The highest BCUT2D eigenvalue weighted by Crippen LogP contribution is 2.30. The zero-order chi connectivity index (χ0) is 14.8. The average molecular weight is 324 g/mol. The number of amides is 1. The molecule has 1 N–H and O–H groups in total. The van der Waals surface area contributed by atoms with Crippen molar-refractivity contribution < 1.29 is 4.79 Å². The number of likely N-dealkylation sites (tertiary alicyclic amines) is 1. The first-order valence-corrected chi connectivity index (χ1v) is 8.50. The second-order valence-corrected chi connectivity index (χ2v) is 6.68. The predicted octanol–water partition coefficient (Wildman–Crippen LogP) is 3.71. The number of rotatable bonds is 3. The van der Waals surface area contributed by atoms with Gasteiger partial charge in [-0.3, -0.25) is 4.79 Å². The molecule has 3 rings (SSSR count). The summed E-state index contributed by atoms with van der Waals surface area (Å²) in [7, 11) is 0. The summed E-state index contributed by atoms with van der Waals surface area (Å²) in [6, 6.07) is 1.69. The number of aryl methyl sites for hydroxylation is 1. The maximum absolute atomic E-state index is 12.5. The van der Waals surface area contributed by atoms with Gasteiger partial charge in [0.1, 0.15) is 5.69 Å². The molecule has 112 valence electrons. The number of nitrogens with zero attached hydrogens (tertiary/aromatic N) is 2. The van der Waals surface area contributed by atoms with Crippen LogP contribution in [-0.4, -0.2) is 33.9 Å². The van der Waals surface area contributed by atoms with Crippen LogP contribution >= 0.6 is 22.9 Å². The number of nitrogens with one attached hydrogen (secondary N) is 1. The van der Waals surface area contributed by atoms with E-state index in [0.29, 0.717) is 16.6 Å². The number of carbonyl (C=O) groups is 1. The SMILES string of the molecule is CCc1csc([C@@H]2CCCN(C(=O)c3cc(Cl)c[nH]3)C2)n1.